The third kappa shape index (κ3) is 4.86. The first-order valence-electron chi connectivity index (χ1n) is 8.47. The van der Waals surface area contributed by atoms with Crippen LogP contribution in [0.3, 0.4) is 0 Å². The third-order valence-electron chi connectivity index (χ3n) is 3.67. The van der Waals surface area contributed by atoms with Crippen molar-refractivity contribution in [1.82, 2.24) is 9.97 Å². The van der Waals surface area contributed by atoms with Gasteiger partial charge in [0, 0.05) is 23.3 Å². The van der Waals surface area contributed by atoms with Gasteiger partial charge in [0.2, 0.25) is 5.95 Å². The Balaban J connectivity index is 1.74. The minimum atomic E-state index is 0.524. The Bertz CT molecular complexity index is 868. The van der Waals surface area contributed by atoms with Gasteiger partial charge in [0.05, 0.1) is 12.3 Å². The minimum absolute atomic E-state index is 0.524. The average molecular weight is 369 g/mol. The number of nitrogens with one attached hydrogen (secondary N) is 2. The van der Waals surface area contributed by atoms with E-state index in [0.717, 1.165) is 33.5 Å². The third-order valence-corrected chi connectivity index (χ3v) is 3.93. The topological polar surface area (TPSA) is 59.1 Å². The summed E-state index contributed by atoms with van der Waals surface area (Å²) < 4.78 is 5.64. The number of para-hydroxylation sites is 2. The standard InChI is InChI=1S/C20H21ClN4O/c1-3-26-18-7-5-4-6-17(18)24-20-23-14(2)12-19(25-20)22-13-15-8-10-16(21)11-9-15/h4-12H,3,13H2,1-2H3,(H2,22,23,24,25). The maximum atomic E-state index is 5.92. The van der Waals surface area contributed by atoms with Crippen LogP contribution in [0.25, 0.3) is 0 Å². The second kappa shape index (κ2) is 8.54. The van der Waals surface area contributed by atoms with E-state index in [-0.39, 0.29) is 0 Å². The highest BCUT2D eigenvalue weighted by atomic mass is 35.5. The number of aromatic nitrogens is 2. The Labute approximate surface area is 158 Å². The summed E-state index contributed by atoms with van der Waals surface area (Å²) in [6.45, 7) is 5.15. The second-order valence-electron chi connectivity index (χ2n) is 5.75. The fourth-order valence-electron chi connectivity index (χ4n) is 2.48. The van der Waals surface area contributed by atoms with Crippen LogP contribution < -0.4 is 15.4 Å². The maximum absolute atomic E-state index is 5.92. The summed E-state index contributed by atoms with van der Waals surface area (Å²) in [5.74, 6) is 2.05. The molecule has 0 unspecified atom stereocenters. The predicted molar refractivity (Wildman–Crippen MR) is 106 cm³/mol. The molecule has 0 saturated heterocycles. The Morgan fingerprint density at radius 3 is 2.58 bits per heavy atom. The summed E-state index contributed by atoms with van der Waals surface area (Å²) >= 11 is 5.92. The molecule has 2 aromatic carbocycles. The molecule has 3 aromatic rings. The van der Waals surface area contributed by atoms with Crippen molar-refractivity contribution in [2.75, 3.05) is 17.2 Å². The molecule has 0 aliphatic carbocycles. The van der Waals surface area contributed by atoms with Crippen molar-refractivity contribution in [2.24, 2.45) is 0 Å². The summed E-state index contributed by atoms with van der Waals surface area (Å²) in [5.41, 5.74) is 2.83. The minimum Gasteiger partial charge on any atom is -0.492 e. The van der Waals surface area contributed by atoms with E-state index in [2.05, 4.69) is 20.6 Å². The molecular formula is C20H21ClN4O. The van der Waals surface area contributed by atoms with E-state index >= 15 is 0 Å². The van der Waals surface area contributed by atoms with E-state index in [9.17, 15) is 0 Å². The van der Waals surface area contributed by atoms with E-state index < -0.39 is 0 Å². The van der Waals surface area contributed by atoms with Crippen LogP contribution in [0.4, 0.5) is 17.5 Å². The highest BCUT2D eigenvalue weighted by Crippen LogP contribution is 2.26. The molecule has 0 spiro atoms. The van der Waals surface area contributed by atoms with E-state index in [1.807, 2.05) is 68.4 Å². The van der Waals surface area contributed by atoms with Crippen LogP contribution in [0.15, 0.2) is 54.6 Å². The number of hydrogen-bond donors (Lipinski definition) is 2. The van der Waals surface area contributed by atoms with Gasteiger partial charge in [0.25, 0.3) is 0 Å². The zero-order chi connectivity index (χ0) is 18.4. The number of halogens is 1. The number of hydrogen-bond acceptors (Lipinski definition) is 5. The molecule has 0 bridgehead atoms. The Hall–Kier alpha value is -2.79. The molecule has 0 aliphatic rings. The summed E-state index contributed by atoms with van der Waals surface area (Å²) in [7, 11) is 0. The van der Waals surface area contributed by atoms with E-state index in [4.69, 9.17) is 16.3 Å². The molecule has 0 fully saturated rings. The Morgan fingerprint density at radius 2 is 1.81 bits per heavy atom. The van der Waals surface area contributed by atoms with Gasteiger partial charge in [-0.1, -0.05) is 35.9 Å². The monoisotopic (exact) mass is 368 g/mol. The summed E-state index contributed by atoms with van der Waals surface area (Å²) in [5, 5.41) is 7.29. The molecular weight excluding hydrogens is 348 g/mol. The molecule has 3 rings (SSSR count). The van der Waals surface area contributed by atoms with Crippen molar-refractivity contribution < 1.29 is 4.74 Å². The van der Waals surface area contributed by atoms with Gasteiger partial charge in [-0.2, -0.15) is 4.98 Å². The number of ether oxygens (including phenoxy) is 1. The Kier molecular flexibility index (Phi) is 5.92. The normalized spacial score (nSPS) is 10.4. The molecule has 134 valence electrons. The number of nitrogens with zero attached hydrogens (tertiary/aromatic N) is 2. The highest BCUT2D eigenvalue weighted by molar-refractivity contribution is 6.30. The van der Waals surface area contributed by atoms with Crippen molar-refractivity contribution in [3.8, 4) is 5.75 Å². The molecule has 0 saturated carbocycles. The van der Waals surface area contributed by atoms with Gasteiger partial charge >= 0.3 is 0 Å². The number of aryl methyl sites for hydroxylation is 1. The van der Waals surface area contributed by atoms with Crippen LogP contribution in [-0.2, 0) is 6.54 Å². The van der Waals surface area contributed by atoms with E-state index in [1.165, 1.54) is 0 Å². The quantitative estimate of drug-likeness (QED) is 0.600. The van der Waals surface area contributed by atoms with E-state index in [0.29, 0.717) is 19.1 Å². The lowest BCUT2D eigenvalue weighted by Crippen LogP contribution is -2.06. The first-order chi connectivity index (χ1) is 12.6. The van der Waals surface area contributed by atoms with Gasteiger partial charge in [-0.3, -0.25) is 0 Å². The highest BCUT2D eigenvalue weighted by Gasteiger charge is 2.07. The fraction of sp³-hybridized carbons (Fsp3) is 0.200. The number of rotatable bonds is 7. The summed E-state index contributed by atoms with van der Waals surface area (Å²) in [4.78, 5) is 9.01. The largest absolute Gasteiger partial charge is 0.492 e. The van der Waals surface area contributed by atoms with Crippen LogP contribution >= 0.6 is 11.6 Å². The average Bonchev–Trinajstić information content (AvgIpc) is 2.63. The molecule has 1 aromatic heterocycles. The molecule has 6 heteroatoms. The van der Waals surface area contributed by atoms with Gasteiger partial charge in [-0.15, -0.1) is 0 Å². The second-order valence-corrected chi connectivity index (χ2v) is 6.19. The molecule has 0 aliphatic heterocycles. The van der Waals surface area contributed by atoms with Crippen LogP contribution in [-0.4, -0.2) is 16.6 Å². The molecule has 0 atom stereocenters. The van der Waals surface area contributed by atoms with Gasteiger partial charge in [0.15, 0.2) is 0 Å². The lowest BCUT2D eigenvalue weighted by atomic mass is 10.2. The summed E-state index contributed by atoms with van der Waals surface area (Å²) in [6, 6.07) is 17.4. The first kappa shape index (κ1) is 18.0. The van der Waals surface area contributed by atoms with Gasteiger partial charge in [0.1, 0.15) is 11.6 Å². The number of anilines is 3. The SMILES string of the molecule is CCOc1ccccc1Nc1nc(C)cc(NCc2ccc(Cl)cc2)n1. The van der Waals surface area contributed by atoms with Crippen LogP contribution in [0, 0.1) is 6.92 Å². The van der Waals surface area contributed by atoms with Crippen molar-refractivity contribution in [3.05, 3.63) is 70.9 Å². The van der Waals surface area contributed by atoms with Gasteiger partial charge in [-0.05, 0) is 43.7 Å². The van der Waals surface area contributed by atoms with Crippen LogP contribution in [0.2, 0.25) is 5.02 Å². The smallest absolute Gasteiger partial charge is 0.229 e. The molecule has 0 radical (unpaired) electrons. The Morgan fingerprint density at radius 1 is 1.04 bits per heavy atom. The lowest BCUT2D eigenvalue weighted by molar-refractivity contribution is 0.342. The van der Waals surface area contributed by atoms with Crippen molar-refractivity contribution in [1.29, 1.82) is 0 Å². The molecule has 1 heterocycles. The zero-order valence-electron chi connectivity index (χ0n) is 14.8. The molecule has 0 amide bonds. The summed E-state index contributed by atoms with van der Waals surface area (Å²) in [6.07, 6.45) is 0. The van der Waals surface area contributed by atoms with E-state index in [1.54, 1.807) is 0 Å². The maximum Gasteiger partial charge on any atom is 0.229 e. The van der Waals surface area contributed by atoms with Crippen molar-refractivity contribution in [2.45, 2.75) is 20.4 Å². The van der Waals surface area contributed by atoms with Gasteiger partial charge in [-0.25, -0.2) is 4.98 Å². The molecule has 2 N–H and O–H groups in total. The van der Waals surface area contributed by atoms with Crippen LogP contribution in [0.1, 0.15) is 18.2 Å². The predicted octanol–water partition coefficient (Wildman–Crippen LogP) is 5.19. The fourth-order valence-corrected chi connectivity index (χ4v) is 2.61. The van der Waals surface area contributed by atoms with Crippen molar-refractivity contribution in [3.63, 3.8) is 0 Å². The van der Waals surface area contributed by atoms with Gasteiger partial charge < -0.3 is 15.4 Å². The molecule has 26 heavy (non-hydrogen) atoms. The lowest BCUT2D eigenvalue weighted by Gasteiger charge is -2.13. The van der Waals surface area contributed by atoms with Crippen LogP contribution in [0.5, 0.6) is 5.75 Å². The first-order valence-corrected chi connectivity index (χ1v) is 8.84. The zero-order valence-corrected chi connectivity index (χ0v) is 15.5. The number of benzene rings is 2. The molecule has 5 nitrogen and oxygen atoms in total. The van der Waals surface area contributed by atoms with Crippen molar-refractivity contribution >= 4 is 29.1 Å².